The lowest BCUT2D eigenvalue weighted by molar-refractivity contribution is -0.186. The zero-order valence-corrected chi connectivity index (χ0v) is 12.9. The summed E-state index contributed by atoms with van der Waals surface area (Å²) in [5.41, 5.74) is 4.85. The summed E-state index contributed by atoms with van der Waals surface area (Å²) in [4.78, 5) is 13.7. The zero-order chi connectivity index (χ0) is 16.3. The van der Waals surface area contributed by atoms with E-state index in [0.29, 0.717) is 19.5 Å². The highest BCUT2D eigenvalue weighted by Gasteiger charge is 2.42. The number of nitrogens with two attached hydrogens (primary N) is 1. The number of alkyl halides is 3. The summed E-state index contributed by atoms with van der Waals surface area (Å²) < 4.78 is 42.8. The van der Waals surface area contributed by atoms with Crippen molar-refractivity contribution in [3.05, 3.63) is 0 Å². The molecule has 0 aromatic carbocycles. The minimum atomic E-state index is -4.11. The van der Waals surface area contributed by atoms with Crippen LogP contribution in [0.25, 0.3) is 0 Å². The monoisotopic (exact) mass is 310 g/mol. The van der Waals surface area contributed by atoms with E-state index in [1.807, 2.05) is 11.8 Å². The van der Waals surface area contributed by atoms with Crippen LogP contribution >= 0.6 is 0 Å². The lowest BCUT2D eigenvalue weighted by Gasteiger charge is -2.38. The molecule has 1 rings (SSSR count). The summed E-state index contributed by atoms with van der Waals surface area (Å²) in [5, 5.41) is 0. The van der Waals surface area contributed by atoms with Gasteiger partial charge in [0.2, 0.25) is 0 Å². The fourth-order valence-electron chi connectivity index (χ4n) is 2.79. The van der Waals surface area contributed by atoms with Gasteiger partial charge in [-0.15, -0.1) is 0 Å². The fourth-order valence-corrected chi connectivity index (χ4v) is 2.79. The van der Waals surface area contributed by atoms with Gasteiger partial charge in [0.05, 0.1) is 12.5 Å². The SMILES string of the molecule is CCOC(=O)C(C)(N)CC(C)N1CCC(C(F)(F)F)CC1. The second kappa shape index (κ2) is 6.96. The summed E-state index contributed by atoms with van der Waals surface area (Å²) in [5.74, 6) is -1.68. The Labute approximate surface area is 123 Å². The van der Waals surface area contributed by atoms with Crippen LogP contribution in [0.5, 0.6) is 0 Å². The molecule has 0 amide bonds. The van der Waals surface area contributed by atoms with Gasteiger partial charge in [-0.25, -0.2) is 0 Å². The van der Waals surface area contributed by atoms with Crippen LogP contribution in [0, 0.1) is 5.92 Å². The van der Waals surface area contributed by atoms with E-state index >= 15 is 0 Å². The Bertz CT molecular complexity index is 351. The molecule has 1 fully saturated rings. The maximum Gasteiger partial charge on any atom is 0.391 e. The molecular weight excluding hydrogens is 285 g/mol. The first-order valence-corrected chi connectivity index (χ1v) is 7.34. The summed E-state index contributed by atoms with van der Waals surface area (Å²) in [7, 11) is 0. The third kappa shape index (κ3) is 5.14. The van der Waals surface area contributed by atoms with Gasteiger partial charge in [-0.2, -0.15) is 13.2 Å². The number of likely N-dealkylation sites (tertiary alicyclic amines) is 1. The van der Waals surface area contributed by atoms with Gasteiger partial charge in [-0.3, -0.25) is 4.79 Å². The Morgan fingerprint density at radius 3 is 2.33 bits per heavy atom. The average molecular weight is 310 g/mol. The second-order valence-electron chi connectivity index (χ2n) is 6.04. The summed E-state index contributed by atoms with van der Waals surface area (Å²) in [6.07, 6.45) is -3.53. The molecule has 0 spiro atoms. The van der Waals surface area contributed by atoms with Crippen molar-refractivity contribution in [1.82, 2.24) is 4.90 Å². The molecule has 2 unspecified atom stereocenters. The van der Waals surface area contributed by atoms with Crippen LogP contribution in [0.15, 0.2) is 0 Å². The van der Waals surface area contributed by atoms with Gasteiger partial charge in [-0.05, 0) is 53.1 Å². The van der Waals surface area contributed by atoms with Gasteiger partial charge < -0.3 is 15.4 Å². The number of carbonyl (C=O) groups is 1. The predicted molar refractivity (Wildman–Crippen MR) is 73.7 cm³/mol. The van der Waals surface area contributed by atoms with E-state index in [0.717, 1.165) is 0 Å². The first-order valence-electron chi connectivity index (χ1n) is 7.34. The number of carbonyl (C=O) groups excluding carboxylic acids is 1. The largest absolute Gasteiger partial charge is 0.465 e. The number of hydrogen-bond donors (Lipinski definition) is 1. The molecule has 1 saturated heterocycles. The number of piperidine rings is 1. The van der Waals surface area contributed by atoms with E-state index in [1.165, 1.54) is 0 Å². The first kappa shape index (κ1) is 18.2. The molecule has 0 saturated carbocycles. The molecule has 7 heteroatoms. The van der Waals surface area contributed by atoms with E-state index in [-0.39, 0.29) is 25.5 Å². The highest BCUT2D eigenvalue weighted by Crippen LogP contribution is 2.35. The zero-order valence-electron chi connectivity index (χ0n) is 12.9. The molecule has 0 aliphatic carbocycles. The van der Waals surface area contributed by atoms with Crippen LogP contribution in [-0.2, 0) is 9.53 Å². The highest BCUT2D eigenvalue weighted by atomic mass is 19.4. The van der Waals surface area contributed by atoms with Crippen molar-refractivity contribution in [3.63, 3.8) is 0 Å². The summed E-state index contributed by atoms with van der Waals surface area (Å²) in [6.45, 7) is 6.22. The Balaban J connectivity index is 2.51. The normalized spacial score (nSPS) is 22.6. The Morgan fingerprint density at radius 2 is 1.90 bits per heavy atom. The third-order valence-corrected chi connectivity index (χ3v) is 4.08. The van der Waals surface area contributed by atoms with Crippen LogP contribution in [0.4, 0.5) is 13.2 Å². The molecule has 0 bridgehead atoms. The Kier molecular flexibility index (Phi) is 6.04. The number of esters is 1. The molecule has 1 aliphatic heterocycles. The van der Waals surface area contributed by atoms with Crippen molar-refractivity contribution in [2.45, 2.75) is 57.8 Å². The molecular formula is C14H25F3N2O2. The number of ether oxygens (including phenoxy) is 1. The molecule has 1 aliphatic rings. The molecule has 21 heavy (non-hydrogen) atoms. The number of halogens is 3. The van der Waals surface area contributed by atoms with Gasteiger partial charge in [0.1, 0.15) is 5.54 Å². The maximum absolute atomic E-state index is 12.6. The maximum atomic E-state index is 12.6. The summed E-state index contributed by atoms with van der Waals surface area (Å²) >= 11 is 0. The molecule has 0 aromatic heterocycles. The molecule has 4 nitrogen and oxygen atoms in total. The standard InChI is InChI=1S/C14H25F3N2O2/c1-4-21-12(20)13(3,18)9-10(2)19-7-5-11(6-8-19)14(15,16)17/h10-11H,4-9,18H2,1-3H3. The smallest absolute Gasteiger partial charge is 0.391 e. The van der Waals surface area contributed by atoms with E-state index in [1.54, 1.807) is 13.8 Å². The molecule has 0 radical (unpaired) electrons. The topological polar surface area (TPSA) is 55.6 Å². The molecule has 2 N–H and O–H groups in total. The molecule has 2 atom stereocenters. The minimum Gasteiger partial charge on any atom is -0.465 e. The van der Waals surface area contributed by atoms with Crippen molar-refractivity contribution < 1.29 is 22.7 Å². The van der Waals surface area contributed by atoms with Gasteiger partial charge >= 0.3 is 12.1 Å². The second-order valence-corrected chi connectivity index (χ2v) is 6.04. The molecule has 0 aromatic rings. The Morgan fingerprint density at radius 1 is 1.38 bits per heavy atom. The van der Waals surface area contributed by atoms with Gasteiger partial charge in [0.25, 0.3) is 0 Å². The van der Waals surface area contributed by atoms with Crippen LogP contribution in [0.2, 0.25) is 0 Å². The van der Waals surface area contributed by atoms with Crippen molar-refractivity contribution in [2.75, 3.05) is 19.7 Å². The van der Waals surface area contributed by atoms with Crippen molar-refractivity contribution >= 4 is 5.97 Å². The lowest BCUT2D eigenvalue weighted by Crippen LogP contribution is -2.52. The van der Waals surface area contributed by atoms with Crippen LogP contribution < -0.4 is 5.73 Å². The molecule has 124 valence electrons. The van der Waals surface area contributed by atoms with Gasteiger partial charge in [-0.1, -0.05) is 0 Å². The third-order valence-electron chi connectivity index (χ3n) is 4.08. The van der Waals surface area contributed by atoms with Crippen molar-refractivity contribution in [2.24, 2.45) is 11.7 Å². The van der Waals surface area contributed by atoms with Gasteiger partial charge in [0.15, 0.2) is 0 Å². The van der Waals surface area contributed by atoms with Gasteiger partial charge in [0, 0.05) is 6.04 Å². The fraction of sp³-hybridized carbons (Fsp3) is 0.929. The van der Waals surface area contributed by atoms with Crippen LogP contribution in [0.3, 0.4) is 0 Å². The van der Waals surface area contributed by atoms with Crippen molar-refractivity contribution in [1.29, 1.82) is 0 Å². The highest BCUT2D eigenvalue weighted by molar-refractivity contribution is 5.80. The number of nitrogens with zero attached hydrogens (tertiary/aromatic N) is 1. The van der Waals surface area contributed by atoms with E-state index in [2.05, 4.69) is 0 Å². The number of hydrogen-bond acceptors (Lipinski definition) is 4. The van der Waals surface area contributed by atoms with E-state index in [9.17, 15) is 18.0 Å². The Hall–Kier alpha value is -0.820. The lowest BCUT2D eigenvalue weighted by atomic mass is 9.91. The predicted octanol–water partition coefficient (Wildman–Crippen LogP) is 2.32. The van der Waals surface area contributed by atoms with E-state index < -0.39 is 23.6 Å². The average Bonchev–Trinajstić information content (AvgIpc) is 2.37. The summed E-state index contributed by atoms with van der Waals surface area (Å²) in [6, 6.07) is -0.0569. The first-order chi connectivity index (χ1) is 9.58. The number of rotatable bonds is 5. The quantitative estimate of drug-likeness (QED) is 0.792. The van der Waals surface area contributed by atoms with Crippen LogP contribution in [-0.4, -0.2) is 48.3 Å². The van der Waals surface area contributed by atoms with E-state index in [4.69, 9.17) is 10.5 Å². The van der Waals surface area contributed by atoms with Crippen LogP contribution in [0.1, 0.15) is 40.0 Å². The van der Waals surface area contributed by atoms with Crippen molar-refractivity contribution in [3.8, 4) is 0 Å². The molecule has 1 heterocycles. The minimum absolute atomic E-state index is 0.0569.